The van der Waals surface area contributed by atoms with E-state index in [1.165, 1.54) is 11.8 Å². The van der Waals surface area contributed by atoms with Gasteiger partial charge in [0, 0.05) is 13.1 Å². The van der Waals surface area contributed by atoms with Gasteiger partial charge >= 0.3 is 0 Å². The van der Waals surface area contributed by atoms with E-state index in [0.29, 0.717) is 35.2 Å². The van der Waals surface area contributed by atoms with E-state index in [0.717, 1.165) is 10.7 Å². The Kier molecular flexibility index (Phi) is 6.14. The van der Waals surface area contributed by atoms with Crippen molar-refractivity contribution in [3.8, 4) is 17.2 Å². The molecule has 0 radical (unpaired) electrons. The van der Waals surface area contributed by atoms with E-state index in [1.54, 1.807) is 26.2 Å². The van der Waals surface area contributed by atoms with Crippen LogP contribution >= 0.6 is 11.8 Å². The van der Waals surface area contributed by atoms with Crippen LogP contribution in [0.3, 0.4) is 0 Å². The molecule has 0 atom stereocenters. The average molecular weight is 350 g/mol. The molecule has 7 heteroatoms. The van der Waals surface area contributed by atoms with Gasteiger partial charge in [0.25, 0.3) is 5.91 Å². The molecule has 1 aromatic carbocycles. The quantitative estimate of drug-likeness (QED) is 0.738. The second-order valence-electron chi connectivity index (χ2n) is 4.88. The van der Waals surface area contributed by atoms with E-state index in [1.807, 2.05) is 32.1 Å². The van der Waals surface area contributed by atoms with Crippen molar-refractivity contribution in [2.24, 2.45) is 4.99 Å². The molecular formula is C17H22N2O4S. The number of ether oxygens (including phenoxy) is 3. The van der Waals surface area contributed by atoms with Crippen molar-refractivity contribution in [1.82, 2.24) is 4.90 Å². The molecular weight excluding hydrogens is 328 g/mol. The highest BCUT2D eigenvalue weighted by molar-refractivity contribution is 8.18. The molecule has 2 rings (SSSR count). The lowest BCUT2D eigenvalue weighted by atomic mass is 10.1. The number of rotatable bonds is 6. The summed E-state index contributed by atoms with van der Waals surface area (Å²) < 4.78 is 16.0. The smallest absolute Gasteiger partial charge is 0.266 e. The second-order valence-corrected chi connectivity index (χ2v) is 5.88. The molecule has 0 N–H and O–H groups in total. The fourth-order valence-corrected chi connectivity index (χ4v) is 3.48. The zero-order valence-electron chi connectivity index (χ0n) is 14.6. The van der Waals surface area contributed by atoms with Crippen molar-refractivity contribution >= 4 is 28.9 Å². The number of thioether (sulfide) groups is 1. The molecule has 0 bridgehead atoms. The summed E-state index contributed by atoms with van der Waals surface area (Å²) in [5.41, 5.74) is 0.800. The van der Waals surface area contributed by atoms with Gasteiger partial charge in [-0.1, -0.05) is 0 Å². The summed E-state index contributed by atoms with van der Waals surface area (Å²) in [5.74, 6) is 1.59. The average Bonchev–Trinajstić information content (AvgIpc) is 2.88. The molecule has 0 aliphatic carbocycles. The van der Waals surface area contributed by atoms with Gasteiger partial charge in [0.1, 0.15) is 0 Å². The molecule has 1 aliphatic heterocycles. The second kappa shape index (κ2) is 8.10. The van der Waals surface area contributed by atoms with Crippen LogP contribution < -0.4 is 14.2 Å². The normalized spacial score (nSPS) is 17.7. The Labute approximate surface area is 146 Å². The van der Waals surface area contributed by atoms with Crippen LogP contribution in [0, 0.1) is 0 Å². The molecule has 1 aliphatic rings. The SMILES string of the molecule is CCN=C1S/C(=C\c2cc(OC)c(OC)c(OC)c2)C(=O)N1CC. The van der Waals surface area contributed by atoms with Crippen molar-refractivity contribution in [2.75, 3.05) is 34.4 Å². The van der Waals surface area contributed by atoms with Gasteiger partial charge in [-0.15, -0.1) is 0 Å². The highest BCUT2D eigenvalue weighted by atomic mass is 32.2. The Bertz CT molecular complexity index is 660. The van der Waals surface area contributed by atoms with E-state index in [9.17, 15) is 4.79 Å². The van der Waals surface area contributed by atoms with Crippen molar-refractivity contribution in [3.05, 3.63) is 22.6 Å². The third-order valence-corrected chi connectivity index (χ3v) is 4.53. The van der Waals surface area contributed by atoms with Crippen LogP contribution in [-0.4, -0.2) is 50.4 Å². The number of carbonyl (C=O) groups excluding carboxylic acids is 1. The molecule has 1 fully saturated rings. The van der Waals surface area contributed by atoms with Crippen LogP contribution in [0.25, 0.3) is 6.08 Å². The van der Waals surface area contributed by atoms with Crippen molar-refractivity contribution in [2.45, 2.75) is 13.8 Å². The molecule has 1 saturated heterocycles. The maximum atomic E-state index is 12.5. The largest absolute Gasteiger partial charge is 0.493 e. The molecule has 130 valence electrons. The summed E-state index contributed by atoms with van der Waals surface area (Å²) in [6.07, 6.45) is 1.82. The van der Waals surface area contributed by atoms with Gasteiger partial charge in [-0.2, -0.15) is 0 Å². The van der Waals surface area contributed by atoms with Gasteiger partial charge in [-0.25, -0.2) is 0 Å². The first kappa shape index (κ1) is 18.2. The Hall–Kier alpha value is -2.15. The fraction of sp³-hybridized carbons (Fsp3) is 0.412. The summed E-state index contributed by atoms with van der Waals surface area (Å²) >= 11 is 1.38. The van der Waals surface area contributed by atoms with E-state index < -0.39 is 0 Å². The maximum absolute atomic E-state index is 12.5. The van der Waals surface area contributed by atoms with Gasteiger partial charge < -0.3 is 14.2 Å². The molecule has 1 heterocycles. The van der Waals surface area contributed by atoms with E-state index in [2.05, 4.69) is 4.99 Å². The number of amides is 1. The summed E-state index contributed by atoms with van der Waals surface area (Å²) in [5, 5.41) is 0.740. The summed E-state index contributed by atoms with van der Waals surface area (Å²) in [4.78, 5) is 19.2. The minimum Gasteiger partial charge on any atom is -0.493 e. The molecule has 0 aromatic heterocycles. The molecule has 6 nitrogen and oxygen atoms in total. The Morgan fingerprint density at radius 3 is 2.21 bits per heavy atom. The van der Waals surface area contributed by atoms with Crippen LogP contribution in [-0.2, 0) is 4.79 Å². The highest BCUT2D eigenvalue weighted by Gasteiger charge is 2.31. The van der Waals surface area contributed by atoms with Crippen LogP contribution in [0.5, 0.6) is 17.2 Å². The lowest BCUT2D eigenvalue weighted by molar-refractivity contribution is -0.122. The minimum absolute atomic E-state index is 0.0385. The Morgan fingerprint density at radius 2 is 1.75 bits per heavy atom. The van der Waals surface area contributed by atoms with E-state index in [4.69, 9.17) is 14.2 Å². The number of aliphatic imine (C=N–C) groups is 1. The lowest BCUT2D eigenvalue weighted by Crippen LogP contribution is -2.28. The predicted molar refractivity (Wildman–Crippen MR) is 97.0 cm³/mol. The first-order chi connectivity index (χ1) is 11.6. The maximum Gasteiger partial charge on any atom is 0.266 e. The van der Waals surface area contributed by atoms with Gasteiger partial charge in [0.05, 0.1) is 26.2 Å². The number of benzene rings is 1. The molecule has 1 amide bonds. The van der Waals surface area contributed by atoms with Crippen LogP contribution in [0.1, 0.15) is 19.4 Å². The summed E-state index contributed by atoms with van der Waals surface area (Å²) in [6.45, 7) is 5.12. The van der Waals surface area contributed by atoms with Crippen LogP contribution in [0.15, 0.2) is 22.0 Å². The van der Waals surface area contributed by atoms with Crippen LogP contribution in [0.4, 0.5) is 0 Å². The minimum atomic E-state index is -0.0385. The number of nitrogens with zero attached hydrogens (tertiary/aromatic N) is 2. The van der Waals surface area contributed by atoms with Crippen molar-refractivity contribution in [3.63, 3.8) is 0 Å². The third-order valence-electron chi connectivity index (χ3n) is 3.48. The fourth-order valence-electron chi connectivity index (χ4n) is 2.38. The number of methoxy groups -OCH3 is 3. The molecule has 0 unspecified atom stereocenters. The van der Waals surface area contributed by atoms with Gasteiger partial charge in [-0.05, 0) is 49.4 Å². The third kappa shape index (κ3) is 3.51. The summed E-state index contributed by atoms with van der Waals surface area (Å²) in [6, 6.07) is 3.63. The zero-order chi connectivity index (χ0) is 17.7. The molecule has 0 saturated carbocycles. The lowest BCUT2D eigenvalue weighted by Gasteiger charge is -2.13. The topological polar surface area (TPSA) is 60.4 Å². The number of hydrogen-bond donors (Lipinski definition) is 0. The molecule has 0 spiro atoms. The Morgan fingerprint density at radius 1 is 1.12 bits per heavy atom. The van der Waals surface area contributed by atoms with Gasteiger partial charge in [0.15, 0.2) is 16.7 Å². The van der Waals surface area contributed by atoms with Crippen LogP contribution in [0.2, 0.25) is 0 Å². The Balaban J connectivity index is 2.44. The zero-order valence-corrected chi connectivity index (χ0v) is 15.4. The molecule has 1 aromatic rings. The monoisotopic (exact) mass is 350 g/mol. The van der Waals surface area contributed by atoms with Gasteiger partial charge in [-0.3, -0.25) is 14.7 Å². The number of amidine groups is 1. The standard InChI is InChI=1S/C17H22N2O4S/c1-6-18-17-19(7-2)16(20)14(24-17)10-11-8-12(21-3)15(23-5)13(9-11)22-4/h8-10H,6-7H2,1-5H3/b14-10-,18-17?. The van der Waals surface area contributed by atoms with Gasteiger partial charge in [0.2, 0.25) is 5.75 Å². The highest BCUT2D eigenvalue weighted by Crippen LogP contribution is 2.40. The van der Waals surface area contributed by atoms with E-state index in [-0.39, 0.29) is 5.91 Å². The van der Waals surface area contributed by atoms with Crippen molar-refractivity contribution in [1.29, 1.82) is 0 Å². The van der Waals surface area contributed by atoms with E-state index >= 15 is 0 Å². The number of carbonyl (C=O) groups is 1. The first-order valence-electron chi connectivity index (χ1n) is 7.65. The number of hydrogen-bond acceptors (Lipinski definition) is 6. The molecule has 24 heavy (non-hydrogen) atoms. The summed E-state index contributed by atoms with van der Waals surface area (Å²) in [7, 11) is 4.69. The predicted octanol–water partition coefficient (Wildman–Crippen LogP) is 3.02. The van der Waals surface area contributed by atoms with Crippen molar-refractivity contribution < 1.29 is 19.0 Å². The number of likely N-dealkylation sites (N-methyl/N-ethyl adjacent to an activating group) is 1. The first-order valence-corrected chi connectivity index (χ1v) is 8.47.